The van der Waals surface area contributed by atoms with E-state index in [1.165, 1.54) is 12.1 Å². The maximum Gasteiger partial charge on any atom is 1.00 e. The third-order valence-electron chi connectivity index (χ3n) is 0.733. The summed E-state index contributed by atoms with van der Waals surface area (Å²) < 4.78 is 37.2. The Balaban J connectivity index is -0.000000150. The van der Waals surface area contributed by atoms with Gasteiger partial charge in [0.05, 0.1) is 0 Å². The van der Waals surface area contributed by atoms with Crippen LogP contribution in [-0.2, 0) is 11.4 Å². The van der Waals surface area contributed by atoms with E-state index < -0.39 is 11.4 Å². The number of rotatable bonds is 0. The zero-order valence-corrected chi connectivity index (χ0v) is 12.2. The molecule has 0 aromatic heterocycles. The largest absolute Gasteiger partial charge is 1.00 e. The van der Waals surface area contributed by atoms with Gasteiger partial charge < -0.3 is 9.11 Å². The first-order valence-electron chi connectivity index (χ1n) is 2.60. The SMILES string of the molecule is Fc1ccccc1.O=S([O-])[O-].[Na+].[Na+]. The van der Waals surface area contributed by atoms with Gasteiger partial charge in [-0.15, -0.1) is 11.4 Å². The van der Waals surface area contributed by atoms with E-state index in [2.05, 4.69) is 0 Å². The third-order valence-corrected chi connectivity index (χ3v) is 0.733. The quantitative estimate of drug-likeness (QED) is 0.326. The Morgan fingerprint density at radius 2 is 1.38 bits per heavy atom. The van der Waals surface area contributed by atoms with E-state index in [4.69, 9.17) is 13.3 Å². The third kappa shape index (κ3) is 19.6. The van der Waals surface area contributed by atoms with Crippen LogP contribution < -0.4 is 59.1 Å². The molecule has 62 valence electrons. The smallest absolute Gasteiger partial charge is 0.784 e. The second-order valence-electron chi connectivity index (χ2n) is 1.50. The molecule has 13 heavy (non-hydrogen) atoms. The minimum atomic E-state index is -3.11. The van der Waals surface area contributed by atoms with Crippen molar-refractivity contribution in [3.8, 4) is 0 Å². The van der Waals surface area contributed by atoms with Crippen molar-refractivity contribution < 1.29 is 76.8 Å². The Morgan fingerprint density at radius 3 is 1.54 bits per heavy atom. The molecule has 0 unspecified atom stereocenters. The monoisotopic (exact) mass is 222 g/mol. The van der Waals surface area contributed by atoms with Gasteiger partial charge in [0.1, 0.15) is 5.82 Å². The normalized spacial score (nSPS) is 7.38. The molecule has 0 bridgehead atoms. The molecule has 0 saturated heterocycles. The molecule has 0 saturated carbocycles. The van der Waals surface area contributed by atoms with Crippen molar-refractivity contribution in [2.45, 2.75) is 0 Å². The first kappa shape index (κ1) is 19.7. The molecule has 0 fully saturated rings. The van der Waals surface area contributed by atoms with Crippen molar-refractivity contribution >= 4 is 11.4 Å². The molecule has 0 N–H and O–H groups in total. The summed E-state index contributed by atoms with van der Waals surface area (Å²) >= 11 is -3.11. The summed E-state index contributed by atoms with van der Waals surface area (Å²) in [6.07, 6.45) is 0. The number of hydrogen-bond acceptors (Lipinski definition) is 3. The van der Waals surface area contributed by atoms with Crippen LogP contribution in [0.15, 0.2) is 30.3 Å². The number of benzene rings is 1. The minimum absolute atomic E-state index is 0. The predicted molar refractivity (Wildman–Crippen MR) is 36.1 cm³/mol. The summed E-state index contributed by atoms with van der Waals surface area (Å²) in [6, 6.07) is 7.94. The van der Waals surface area contributed by atoms with Gasteiger partial charge in [0.2, 0.25) is 0 Å². The average Bonchev–Trinajstić information content (AvgIpc) is 1.87. The van der Waals surface area contributed by atoms with Crippen LogP contribution in [0, 0.1) is 5.82 Å². The molecule has 0 aliphatic heterocycles. The molecule has 1 aromatic carbocycles. The fourth-order valence-corrected chi connectivity index (χ4v) is 0.415. The van der Waals surface area contributed by atoms with Gasteiger partial charge in [-0.3, -0.25) is 4.21 Å². The second-order valence-corrected chi connectivity index (χ2v) is 1.91. The zero-order chi connectivity index (χ0) is 8.69. The van der Waals surface area contributed by atoms with Crippen LogP contribution in [-0.4, -0.2) is 13.3 Å². The van der Waals surface area contributed by atoms with Gasteiger partial charge in [-0.05, 0) is 12.1 Å². The summed E-state index contributed by atoms with van der Waals surface area (Å²) in [4.78, 5) is 0. The van der Waals surface area contributed by atoms with E-state index in [1.54, 1.807) is 18.2 Å². The van der Waals surface area contributed by atoms with E-state index in [1.807, 2.05) is 0 Å². The van der Waals surface area contributed by atoms with Gasteiger partial charge in [0.15, 0.2) is 0 Å². The van der Waals surface area contributed by atoms with Crippen LogP contribution in [0.3, 0.4) is 0 Å². The Hall–Kier alpha value is 1.22. The van der Waals surface area contributed by atoms with Crippen molar-refractivity contribution in [2.24, 2.45) is 0 Å². The van der Waals surface area contributed by atoms with Crippen LogP contribution in [0.4, 0.5) is 4.39 Å². The average molecular weight is 222 g/mol. The Kier molecular flexibility index (Phi) is 20.1. The Morgan fingerprint density at radius 1 is 1.08 bits per heavy atom. The number of hydrogen-bond donors (Lipinski definition) is 0. The summed E-state index contributed by atoms with van der Waals surface area (Å²) in [5.41, 5.74) is 0. The molecule has 0 spiro atoms. The Labute approximate surface area is 123 Å². The van der Waals surface area contributed by atoms with Crippen molar-refractivity contribution in [1.82, 2.24) is 0 Å². The molecular weight excluding hydrogens is 217 g/mol. The molecule has 0 radical (unpaired) electrons. The van der Waals surface area contributed by atoms with Gasteiger partial charge in [0.25, 0.3) is 0 Å². The van der Waals surface area contributed by atoms with E-state index in [9.17, 15) is 4.39 Å². The van der Waals surface area contributed by atoms with E-state index in [0.29, 0.717) is 0 Å². The summed E-state index contributed by atoms with van der Waals surface area (Å²) in [7, 11) is 0. The second kappa shape index (κ2) is 13.2. The van der Waals surface area contributed by atoms with E-state index in [-0.39, 0.29) is 64.9 Å². The molecule has 0 aliphatic carbocycles. The molecule has 0 amide bonds. The van der Waals surface area contributed by atoms with E-state index >= 15 is 0 Å². The van der Waals surface area contributed by atoms with Crippen molar-refractivity contribution in [2.75, 3.05) is 0 Å². The fraction of sp³-hybridized carbons (Fsp3) is 0. The van der Waals surface area contributed by atoms with E-state index in [0.717, 1.165) is 0 Å². The first-order chi connectivity index (χ1) is 5.13. The van der Waals surface area contributed by atoms with Gasteiger partial charge in [0, 0.05) is 0 Å². The van der Waals surface area contributed by atoms with Crippen LogP contribution in [0.1, 0.15) is 0 Å². The maximum atomic E-state index is 11.9. The molecule has 1 aromatic rings. The van der Waals surface area contributed by atoms with Crippen LogP contribution >= 0.6 is 0 Å². The van der Waals surface area contributed by atoms with Crippen LogP contribution in [0.25, 0.3) is 0 Å². The predicted octanol–water partition coefficient (Wildman–Crippen LogP) is -5.17. The van der Waals surface area contributed by atoms with Crippen molar-refractivity contribution in [1.29, 1.82) is 0 Å². The van der Waals surface area contributed by atoms with Gasteiger partial charge in [-0.1, -0.05) is 18.2 Å². The number of halogens is 1. The Bertz CT molecular complexity index is 218. The molecule has 0 aliphatic rings. The molecule has 7 heteroatoms. The summed E-state index contributed by atoms with van der Waals surface area (Å²) in [5, 5.41) is 0. The maximum absolute atomic E-state index is 11.9. The molecule has 1 rings (SSSR count). The van der Waals surface area contributed by atoms with Crippen LogP contribution in [0.2, 0.25) is 0 Å². The summed E-state index contributed by atoms with van der Waals surface area (Å²) in [5.74, 6) is -0.178. The molecule has 3 nitrogen and oxygen atoms in total. The molecule has 0 heterocycles. The van der Waals surface area contributed by atoms with Gasteiger partial charge in [-0.25, -0.2) is 4.39 Å². The van der Waals surface area contributed by atoms with Gasteiger partial charge >= 0.3 is 59.1 Å². The topological polar surface area (TPSA) is 63.2 Å². The van der Waals surface area contributed by atoms with Crippen molar-refractivity contribution in [3.05, 3.63) is 36.1 Å². The zero-order valence-electron chi connectivity index (χ0n) is 7.40. The van der Waals surface area contributed by atoms with Gasteiger partial charge in [-0.2, -0.15) is 0 Å². The molecular formula is C6H5FNa2O3S. The molecule has 0 atom stereocenters. The minimum Gasteiger partial charge on any atom is -0.784 e. The fourth-order valence-electron chi connectivity index (χ4n) is 0.415. The van der Waals surface area contributed by atoms with Crippen molar-refractivity contribution in [3.63, 3.8) is 0 Å². The van der Waals surface area contributed by atoms with Crippen LogP contribution in [0.5, 0.6) is 0 Å². The summed E-state index contributed by atoms with van der Waals surface area (Å²) in [6.45, 7) is 0. The standard InChI is InChI=1S/C6H5F.2Na.H2O3S/c7-6-4-2-1-3-5-6;;;1-4(2)3/h1-5H;;;(H2,1,2,3)/q;2*+1;/p-2. The first-order valence-corrected chi connectivity index (χ1v) is 3.60.